The molecule has 10 heteroatoms. The van der Waals surface area contributed by atoms with Gasteiger partial charge in [0.1, 0.15) is 17.0 Å². The average molecular weight is 379 g/mol. The van der Waals surface area contributed by atoms with Crippen LogP contribution in [0.2, 0.25) is 0 Å². The number of nitro groups is 1. The topological polar surface area (TPSA) is 130 Å². The maximum Gasteiger partial charge on any atom is 0.327 e. The van der Waals surface area contributed by atoms with Crippen LogP contribution < -0.4 is 5.32 Å². The Hall–Kier alpha value is -2.62. The Morgan fingerprint density at radius 1 is 1.35 bits per heavy atom. The van der Waals surface area contributed by atoms with Crippen LogP contribution in [-0.2, 0) is 9.59 Å². The van der Waals surface area contributed by atoms with Gasteiger partial charge in [-0.15, -0.1) is 11.8 Å². The molecule has 1 unspecified atom stereocenters. The van der Waals surface area contributed by atoms with E-state index in [0.29, 0.717) is 0 Å². The Kier molecular flexibility index (Phi) is 3.98. The van der Waals surface area contributed by atoms with Crippen LogP contribution in [0.4, 0.5) is 5.69 Å². The fraction of sp³-hybridized carbons (Fsp3) is 0.438. The molecule has 2 heterocycles. The minimum atomic E-state index is -1.27. The molecule has 0 bridgehead atoms. The van der Waals surface area contributed by atoms with Crippen molar-refractivity contribution < 1.29 is 24.4 Å². The van der Waals surface area contributed by atoms with Gasteiger partial charge in [0.25, 0.3) is 17.5 Å². The number of β-lactam (4-membered cyclic amide) rings is 1. The summed E-state index contributed by atoms with van der Waals surface area (Å²) in [7, 11) is 0. The summed E-state index contributed by atoms with van der Waals surface area (Å²) in [5.74, 6) is -2.20. The van der Waals surface area contributed by atoms with E-state index < -0.39 is 44.4 Å². The molecule has 0 radical (unpaired) electrons. The zero-order valence-corrected chi connectivity index (χ0v) is 15.1. The van der Waals surface area contributed by atoms with Gasteiger partial charge in [0.15, 0.2) is 0 Å². The maximum absolute atomic E-state index is 12.6. The number of hydrogen-bond acceptors (Lipinski definition) is 6. The number of hydrogen-bond donors (Lipinski definition) is 2. The molecule has 3 rings (SSSR count). The number of carbonyl (C=O) groups is 3. The summed E-state index contributed by atoms with van der Waals surface area (Å²) in [6.45, 7) is 5.02. The predicted octanol–water partition coefficient (Wildman–Crippen LogP) is 1.23. The van der Waals surface area contributed by atoms with Gasteiger partial charge >= 0.3 is 5.97 Å². The molecular weight excluding hydrogens is 362 g/mol. The summed E-state index contributed by atoms with van der Waals surface area (Å²) < 4.78 is -0.708. The monoisotopic (exact) mass is 379 g/mol. The third-order valence-electron chi connectivity index (χ3n) is 4.70. The number of carboxylic acid groups (broad SMARTS) is 1. The second-order valence-electron chi connectivity index (χ2n) is 6.99. The quantitative estimate of drug-likeness (QED) is 0.457. The third-order valence-corrected chi connectivity index (χ3v) is 6.46. The first kappa shape index (κ1) is 18.2. The number of fused-ring (bicyclic) bond motifs is 1. The fourth-order valence-corrected chi connectivity index (χ4v) is 5.05. The lowest BCUT2D eigenvalue weighted by Crippen LogP contribution is -2.78. The van der Waals surface area contributed by atoms with Gasteiger partial charge in [-0.3, -0.25) is 19.7 Å². The normalized spacial score (nSPS) is 28.9. The molecule has 3 atom stereocenters. The number of benzene rings is 1. The van der Waals surface area contributed by atoms with Gasteiger partial charge in [-0.25, -0.2) is 4.79 Å². The van der Waals surface area contributed by atoms with Crippen LogP contribution in [0, 0.1) is 10.1 Å². The third kappa shape index (κ3) is 2.52. The molecule has 2 amide bonds. The molecule has 2 saturated heterocycles. The number of aliphatic carboxylic acids is 1. The molecule has 26 heavy (non-hydrogen) atoms. The van der Waals surface area contributed by atoms with E-state index in [2.05, 4.69) is 5.32 Å². The first-order valence-corrected chi connectivity index (χ1v) is 8.67. The van der Waals surface area contributed by atoms with Gasteiger partial charge < -0.3 is 15.3 Å². The lowest BCUT2D eigenvalue weighted by Gasteiger charge is -2.51. The molecule has 0 aromatic heterocycles. The lowest BCUT2D eigenvalue weighted by atomic mass is 9.86. The molecule has 2 N–H and O–H groups in total. The number of amides is 2. The standard InChI is InChI=1S/C16H17N3O6S/c1-15(2)10(12(21)22)18-13(23)16(3,14(18)26-15)17-11(20)8-5-4-6-9(7-8)19(24)25/h4-7,10,14H,1-3H3,(H,17,20)(H,21,22)/t10-,14+,16?/m0/s1. The summed E-state index contributed by atoms with van der Waals surface area (Å²) in [6.07, 6.45) is 0. The molecule has 9 nitrogen and oxygen atoms in total. The largest absolute Gasteiger partial charge is 0.480 e. The molecule has 1 aromatic rings. The Bertz CT molecular complexity index is 841. The summed E-state index contributed by atoms with van der Waals surface area (Å²) in [4.78, 5) is 48.2. The van der Waals surface area contributed by atoms with Crippen molar-refractivity contribution in [1.82, 2.24) is 10.2 Å². The molecule has 2 aliphatic rings. The smallest absolute Gasteiger partial charge is 0.327 e. The number of nitro benzene ring substituents is 1. The number of rotatable bonds is 4. The van der Waals surface area contributed by atoms with Crippen molar-refractivity contribution in [3.63, 3.8) is 0 Å². The second kappa shape index (κ2) is 5.70. The molecule has 2 fully saturated rings. The van der Waals surface area contributed by atoms with Gasteiger partial charge in [-0.1, -0.05) is 6.07 Å². The highest BCUT2D eigenvalue weighted by molar-refractivity contribution is 8.01. The minimum absolute atomic E-state index is 0.0590. The van der Waals surface area contributed by atoms with E-state index in [9.17, 15) is 29.6 Å². The summed E-state index contributed by atoms with van der Waals surface area (Å²) in [5, 5.41) is 22.4. The van der Waals surface area contributed by atoms with E-state index in [4.69, 9.17) is 0 Å². The van der Waals surface area contributed by atoms with Gasteiger partial charge in [0.2, 0.25) is 0 Å². The summed E-state index contributed by atoms with van der Waals surface area (Å²) in [6, 6.07) is 4.22. The zero-order chi connectivity index (χ0) is 19.4. The zero-order valence-electron chi connectivity index (χ0n) is 14.3. The average Bonchev–Trinajstić information content (AvgIpc) is 2.84. The van der Waals surface area contributed by atoms with Crippen molar-refractivity contribution in [1.29, 1.82) is 0 Å². The Labute approximate surface area is 152 Å². The number of nitrogens with zero attached hydrogens (tertiary/aromatic N) is 2. The SMILES string of the molecule is CC1(C)S[C@H]2N(C(=O)C2(C)NC(=O)c2cccc([N+](=O)[O-])c2)[C@H]1C(=O)O. The van der Waals surface area contributed by atoms with Crippen molar-refractivity contribution in [2.24, 2.45) is 0 Å². The van der Waals surface area contributed by atoms with Crippen molar-refractivity contribution >= 4 is 35.2 Å². The van der Waals surface area contributed by atoms with Gasteiger partial charge in [-0.05, 0) is 26.8 Å². The molecule has 0 aliphatic carbocycles. The van der Waals surface area contributed by atoms with Gasteiger partial charge in [-0.2, -0.15) is 0 Å². The van der Waals surface area contributed by atoms with E-state index in [-0.39, 0.29) is 11.3 Å². The molecule has 0 spiro atoms. The van der Waals surface area contributed by atoms with Crippen LogP contribution in [0.5, 0.6) is 0 Å². The minimum Gasteiger partial charge on any atom is -0.480 e. The Balaban J connectivity index is 1.84. The Morgan fingerprint density at radius 2 is 2.00 bits per heavy atom. The van der Waals surface area contributed by atoms with Gasteiger partial charge in [0.05, 0.1) is 4.92 Å². The summed E-state index contributed by atoms with van der Waals surface area (Å²) >= 11 is 1.31. The Morgan fingerprint density at radius 3 is 2.58 bits per heavy atom. The number of nitrogens with one attached hydrogen (secondary N) is 1. The van der Waals surface area contributed by atoms with E-state index >= 15 is 0 Å². The first-order chi connectivity index (χ1) is 12.0. The number of carbonyl (C=O) groups excluding carboxylic acids is 2. The van der Waals surface area contributed by atoms with E-state index in [1.165, 1.54) is 34.9 Å². The highest BCUT2D eigenvalue weighted by atomic mass is 32.2. The maximum atomic E-state index is 12.6. The number of non-ortho nitro benzene ring substituents is 1. The van der Waals surface area contributed by atoms with E-state index in [1.807, 2.05) is 0 Å². The van der Waals surface area contributed by atoms with Crippen molar-refractivity contribution in [3.8, 4) is 0 Å². The molecule has 138 valence electrons. The van der Waals surface area contributed by atoms with E-state index in [1.54, 1.807) is 20.8 Å². The number of thioether (sulfide) groups is 1. The van der Waals surface area contributed by atoms with Crippen LogP contribution in [0.25, 0.3) is 0 Å². The van der Waals surface area contributed by atoms with Crippen LogP contribution in [0.3, 0.4) is 0 Å². The van der Waals surface area contributed by atoms with Crippen LogP contribution in [0.1, 0.15) is 31.1 Å². The fourth-order valence-electron chi connectivity index (χ4n) is 3.41. The molecular formula is C16H17N3O6S. The van der Waals surface area contributed by atoms with Crippen molar-refractivity contribution in [2.75, 3.05) is 0 Å². The van der Waals surface area contributed by atoms with E-state index in [0.717, 1.165) is 6.07 Å². The molecule has 2 aliphatic heterocycles. The highest BCUT2D eigenvalue weighted by Crippen LogP contribution is 2.54. The summed E-state index contributed by atoms with van der Waals surface area (Å²) in [5.41, 5.74) is -1.44. The second-order valence-corrected chi connectivity index (χ2v) is 8.73. The van der Waals surface area contributed by atoms with Crippen LogP contribution in [-0.4, -0.2) is 54.4 Å². The van der Waals surface area contributed by atoms with Crippen molar-refractivity contribution in [2.45, 2.75) is 42.5 Å². The van der Waals surface area contributed by atoms with Crippen LogP contribution >= 0.6 is 11.8 Å². The first-order valence-electron chi connectivity index (χ1n) is 7.79. The molecule has 1 aromatic carbocycles. The van der Waals surface area contributed by atoms with Crippen LogP contribution in [0.15, 0.2) is 24.3 Å². The number of carboxylic acids is 1. The highest BCUT2D eigenvalue weighted by Gasteiger charge is 2.70. The van der Waals surface area contributed by atoms with Crippen molar-refractivity contribution in [3.05, 3.63) is 39.9 Å². The predicted molar refractivity (Wildman–Crippen MR) is 92.7 cm³/mol. The van der Waals surface area contributed by atoms with Gasteiger partial charge in [0, 0.05) is 22.4 Å². The lowest BCUT2D eigenvalue weighted by molar-refractivity contribution is -0.384. The molecule has 0 saturated carbocycles.